The number of benzene rings is 1. The van der Waals surface area contributed by atoms with Gasteiger partial charge in [0.2, 0.25) is 0 Å². The van der Waals surface area contributed by atoms with E-state index in [1.165, 1.54) is 0 Å². The van der Waals surface area contributed by atoms with E-state index in [1.807, 2.05) is 30.3 Å². The Morgan fingerprint density at radius 3 is 2.62 bits per heavy atom. The maximum Gasteiger partial charge on any atom is 0.153 e. The van der Waals surface area contributed by atoms with Gasteiger partial charge in [-0.1, -0.05) is 36.8 Å². The molecule has 1 unspecified atom stereocenters. The Morgan fingerprint density at radius 2 is 2.00 bits per heavy atom. The summed E-state index contributed by atoms with van der Waals surface area (Å²) in [5.41, 5.74) is 0.332. The zero-order valence-corrected chi connectivity index (χ0v) is 9.28. The molecule has 0 aliphatic heterocycles. The Balaban J connectivity index is 2.23. The van der Waals surface area contributed by atoms with Crippen molar-refractivity contribution in [1.82, 2.24) is 0 Å². The molecule has 0 saturated heterocycles. The van der Waals surface area contributed by atoms with Gasteiger partial charge >= 0.3 is 0 Å². The number of carbonyl (C=O) groups is 1. The molecule has 1 aromatic rings. The van der Waals surface area contributed by atoms with Gasteiger partial charge in [-0.05, 0) is 24.8 Å². The summed E-state index contributed by atoms with van der Waals surface area (Å²) >= 11 is 0. The Hall–Kier alpha value is -1.62. The first-order chi connectivity index (χ1) is 7.77. The Labute approximate surface area is 95.9 Å². The lowest BCUT2D eigenvalue weighted by Crippen LogP contribution is -2.34. The van der Waals surface area contributed by atoms with Crippen LogP contribution in [0.25, 0.3) is 0 Å². The van der Waals surface area contributed by atoms with E-state index in [0.29, 0.717) is 12.8 Å². The SMILES string of the molecule is N#CC1(Cc2ccccc2)CCCCC1=O. The first kappa shape index (κ1) is 10.9. The highest BCUT2D eigenvalue weighted by molar-refractivity contribution is 5.88. The average molecular weight is 213 g/mol. The minimum absolute atomic E-state index is 0.130. The molecule has 0 radical (unpaired) electrons. The molecule has 0 spiro atoms. The predicted octanol–water partition coefficient (Wildman–Crippen LogP) is 2.88. The van der Waals surface area contributed by atoms with Crippen molar-refractivity contribution >= 4 is 5.78 Å². The van der Waals surface area contributed by atoms with Gasteiger partial charge in [-0.25, -0.2) is 0 Å². The maximum atomic E-state index is 11.9. The third-order valence-corrected chi connectivity index (χ3v) is 3.35. The minimum atomic E-state index is -0.750. The van der Waals surface area contributed by atoms with Crippen LogP contribution in [-0.2, 0) is 11.2 Å². The van der Waals surface area contributed by atoms with Gasteiger partial charge in [-0.3, -0.25) is 4.79 Å². The van der Waals surface area contributed by atoms with Gasteiger partial charge in [-0.15, -0.1) is 0 Å². The van der Waals surface area contributed by atoms with E-state index in [9.17, 15) is 10.1 Å². The molecule has 0 heterocycles. The van der Waals surface area contributed by atoms with Gasteiger partial charge in [-0.2, -0.15) is 5.26 Å². The number of Topliss-reactive ketones (excluding diaryl/α,β-unsaturated/α-hetero) is 1. The molecule has 0 bridgehead atoms. The van der Waals surface area contributed by atoms with Crippen LogP contribution < -0.4 is 0 Å². The summed E-state index contributed by atoms with van der Waals surface area (Å²) in [6.07, 6.45) is 3.80. The fourth-order valence-corrected chi connectivity index (χ4v) is 2.38. The molecule has 2 rings (SSSR count). The van der Waals surface area contributed by atoms with Crippen LogP contribution in [0.4, 0.5) is 0 Å². The number of nitriles is 1. The minimum Gasteiger partial charge on any atom is -0.298 e. The molecule has 1 aliphatic carbocycles. The highest BCUT2D eigenvalue weighted by Gasteiger charge is 2.39. The van der Waals surface area contributed by atoms with Crippen molar-refractivity contribution in [3.8, 4) is 6.07 Å². The fraction of sp³-hybridized carbons (Fsp3) is 0.429. The second-order valence-electron chi connectivity index (χ2n) is 4.49. The third-order valence-electron chi connectivity index (χ3n) is 3.35. The molecular weight excluding hydrogens is 198 g/mol. The van der Waals surface area contributed by atoms with Crippen LogP contribution in [0, 0.1) is 16.7 Å². The van der Waals surface area contributed by atoms with Gasteiger partial charge in [0.05, 0.1) is 6.07 Å². The smallest absolute Gasteiger partial charge is 0.153 e. The monoisotopic (exact) mass is 213 g/mol. The molecule has 1 aliphatic rings. The van der Waals surface area contributed by atoms with E-state index in [2.05, 4.69) is 6.07 Å². The van der Waals surface area contributed by atoms with E-state index in [1.54, 1.807) is 0 Å². The topological polar surface area (TPSA) is 40.9 Å². The van der Waals surface area contributed by atoms with Crippen LogP contribution in [-0.4, -0.2) is 5.78 Å². The quantitative estimate of drug-likeness (QED) is 0.758. The van der Waals surface area contributed by atoms with E-state index in [-0.39, 0.29) is 5.78 Å². The fourth-order valence-electron chi connectivity index (χ4n) is 2.38. The van der Waals surface area contributed by atoms with Crippen LogP contribution in [0.2, 0.25) is 0 Å². The third kappa shape index (κ3) is 1.99. The van der Waals surface area contributed by atoms with E-state index < -0.39 is 5.41 Å². The van der Waals surface area contributed by atoms with Crippen molar-refractivity contribution < 1.29 is 4.79 Å². The molecule has 2 nitrogen and oxygen atoms in total. The summed E-state index contributed by atoms with van der Waals surface area (Å²) in [6.45, 7) is 0. The normalized spacial score (nSPS) is 25.1. The van der Waals surface area contributed by atoms with Crippen LogP contribution in [0.1, 0.15) is 31.2 Å². The number of hydrogen-bond donors (Lipinski definition) is 0. The molecule has 0 N–H and O–H groups in total. The molecule has 0 aromatic heterocycles. The molecule has 16 heavy (non-hydrogen) atoms. The number of carbonyl (C=O) groups excluding carboxylic acids is 1. The highest BCUT2D eigenvalue weighted by atomic mass is 16.1. The van der Waals surface area contributed by atoms with E-state index in [0.717, 1.165) is 24.8 Å². The molecule has 0 amide bonds. The van der Waals surface area contributed by atoms with Crippen molar-refractivity contribution in [3.63, 3.8) is 0 Å². The van der Waals surface area contributed by atoms with Gasteiger partial charge in [0.15, 0.2) is 5.78 Å². The number of ketones is 1. The molecule has 82 valence electrons. The molecule has 1 saturated carbocycles. The zero-order chi connectivity index (χ0) is 11.4. The lowest BCUT2D eigenvalue weighted by molar-refractivity contribution is -0.128. The summed E-state index contributed by atoms with van der Waals surface area (Å²) < 4.78 is 0. The lowest BCUT2D eigenvalue weighted by atomic mass is 9.70. The van der Waals surface area contributed by atoms with Crippen LogP contribution >= 0.6 is 0 Å². The second kappa shape index (κ2) is 4.49. The predicted molar refractivity (Wildman–Crippen MR) is 61.7 cm³/mol. The van der Waals surface area contributed by atoms with Crippen molar-refractivity contribution in [1.29, 1.82) is 5.26 Å². The summed E-state index contributed by atoms with van der Waals surface area (Å²) in [7, 11) is 0. The summed E-state index contributed by atoms with van der Waals surface area (Å²) in [6, 6.07) is 12.1. The van der Waals surface area contributed by atoms with Crippen molar-refractivity contribution in [2.75, 3.05) is 0 Å². The van der Waals surface area contributed by atoms with Crippen LogP contribution in [0.5, 0.6) is 0 Å². The summed E-state index contributed by atoms with van der Waals surface area (Å²) in [4.78, 5) is 11.9. The maximum absolute atomic E-state index is 11.9. The van der Waals surface area contributed by atoms with Gasteiger partial charge in [0.25, 0.3) is 0 Å². The van der Waals surface area contributed by atoms with Gasteiger partial charge in [0.1, 0.15) is 5.41 Å². The van der Waals surface area contributed by atoms with Crippen LogP contribution in [0.15, 0.2) is 30.3 Å². The number of rotatable bonds is 2. The summed E-state index contributed by atoms with van der Waals surface area (Å²) in [5.74, 6) is 0.130. The largest absolute Gasteiger partial charge is 0.298 e. The molecular formula is C14H15NO. The van der Waals surface area contributed by atoms with Crippen LogP contribution in [0.3, 0.4) is 0 Å². The lowest BCUT2D eigenvalue weighted by Gasteiger charge is -2.29. The average Bonchev–Trinajstić information content (AvgIpc) is 2.34. The molecule has 1 aromatic carbocycles. The highest BCUT2D eigenvalue weighted by Crippen LogP contribution is 2.35. The molecule has 1 fully saturated rings. The molecule has 2 heteroatoms. The standard InChI is InChI=1S/C14H15NO/c15-11-14(9-5-4-8-13(14)16)10-12-6-2-1-3-7-12/h1-3,6-7H,4-5,8-10H2. The van der Waals surface area contributed by atoms with E-state index in [4.69, 9.17) is 0 Å². The Morgan fingerprint density at radius 1 is 1.25 bits per heavy atom. The zero-order valence-electron chi connectivity index (χ0n) is 9.28. The summed E-state index contributed by atoms with van der Waals surface area (Å²) in [5, 5.41) is 9.30. The molecule has 1 atom stereocenters. The first-order valence-electron chi connectivity index (χ1n) is 5.75. The Bertz CT molecular complexity index is 418. The number of nitrogens with zero attached hydrogens (tertiary/aromatic N) is 1. The van der Waals surface area contributed by atoms with E-state index >= 15 is 0 Å². The van der Waals surface area contributed by atoms with Crippen molar-refractivity contribution in [2.45, 2.75) is 32.1 Å². The first-order valence-corrected chi connectivity index (χ1v) is 5.75. The number of hydrogen-bond acceptors (Lipinski definition) is 2. The van der Waals surface area contributed by atoms with Gasteiger partial charge in [0, 0.05) is 6.42 Å². The Kier molecular flexibility index (Phi) is 3.05. The second-order valence-corrected chi connectivity index (χ2v) is 4.49. The van der Waals surface area contributed by atoms with Crippen molar-refractivity contribution in [2.24, 2.45) is 5.41 Å². The van der Waals surface area contributed by atoms with Gasteiger partial charge < -0.3 is 0 Å². The van der Waals surface area contributed by atoms with Crippen molar-refractivity contribution in [3.05, 3.63) is 35.9 Å².